The van der Waals surface area contributed by atoms with Crippen LogP contribution >= 0.6 is 0 Å². The molecule has 0 N–H and O–H groups in total. The summed E-state index contributed by atoms with van der Waals surface area (Å²) in [6.45, 7) is 9.93. The van der Waals surface area contributed by atoms with Crippen LogP contribution in [0.25, 0.3) is 4.85 Å². The molecule has 5 nitrogen and oxygen atoms in total. The first-order chi connectivity index (χ1) is 11.6. The highest BCUT2D eigenvalue weighted by molar-refractivity contribution is 5.79. The van der Waals surface area contributed by atoms with Crippen molar-refractivity contribution < 1.29 is 14.3 Å². The average molecular weight is 324 g/mol. The van der Waals surface area contributed by atoms with Crippen molar-refractivity contribution in [3.8, 4) is 11.8 Å². The average Bonchev–Trinajstić information content (AvgIpc) is 3.40. The molecule has 1 aliphatic carbocycles. The summed E-state index contributed by atoms with van der Waals surface area (Å²) in [7, 11) is 0. The molecule has 0 spiro atoms. The van der Waals surface area contributed by atoms with E-state index in [0.717, 1.165) is 38.7 Å². The Morgan fingerprint density at radius 1 is 1.42 bits per heavy atom. The predicted molar refractivity (Wildman–Crippen MR) is 87.6 cm³/mol. The van der Waals surface area contributed by atoms with Crippen molar-refractivity contribution in [1.82, 2.24) is 0 Å². The third-order valence-corrected chi connectivity index (χ3v) is 4.96. The zero-order chi connectivity index (χ0) is 17.1. The first-order valence-corrected chi connectivity index (χ1v) is 8.36. The number of nitriles is 1. The molecule has 2 fully saturated rings. The summed E-state index contributed by atoms with van der Waals surface area (Å²) < 4.78 is 10.7. The first kappa shape index (κ1) is 16.5. The molecule has 1 saturated carbocycles. The molecule has 1 unspecified atom stereocenters. The van der Waals surface area contributed by atoms with Gasteiger partial charge in [0.1, 0.15) is 5.75 Å². The van der Waals surface area contributed by atoms with E-state index in [-0.39, 0.29) is 28.9 Å². The summed E-state index contributed by atoms with van der Waals surface area (Å²) in [6, 6.07) is 5.34. The van der Waals surface area contributed by atoms with Crippen LogP contribution < -0.4 is 4.74 Å². The van der Waals surface area contributed by atoms with Gasteiger partial charge in [0.25, 0.3) is 0 Å². The highest BCUT2D eigenvalue weighted by atomic mass is 16.6. The lowest BCUT2D eigenvalue weighted by atomic mass is 9.80. The molecule has 1 aromatic rings. The molecule has 124 valence electrons. The van der Waals surface area contributed by atoms with Crippen LogP contribution in [0.15, 0.2) is 12.1 Å². The van der Waals surface area contributed by atoms with E-state index in [9.17, 15) is 10.1 Å². The van der Waals surface area contributed by atoms with Gasteiger partial charge in [-0.3, -0.25) is 4.79 Å². The Balaban J connectivity index is 1.63. The number of rotatable bonds is 4. The maximum Gasteiger partial charge on any atom is 0.313 e. The van der Waals surface area contributed by atoms with Crippen LogP contribution in [0.3, 0.4) is 0 Å². The summed E-state index contributed by atoms with van der Waals surface area (Å²) in [5.74, 6) is 0.441. The highest BCUT2D eigenvalue weighted by Gasteiger charge is 2.32. The number of aryl methyl sites for hydroxylation is 1. The molecule has 1 heterocycles. The van der Waals surface area contributed by atoms with E-state index in [4.69, 9.17) is 16.0 Å². The molecule has 1 aromatic carbocycles. The monoisotopic (exact) mass is 324 g/mol. The molecule has 0 radical (unpaired) electrons. The van der Waals surface area contributed by atoms with Gasteiger partial charge in [0, 0.05) is 0 Å². The Labute approximate surface area is 142 Å². The van der Waals surface area contributed by atoms with Crippen molar-refractivity contribution in [2.24, 2.45) is 11.8 Å². The first-order valence-electron chi connectivity index (χ1n) is 8.36. The van der Waals surface area contributed by atoms with Crippen LogP contribution in [0.2, 0.25) is 0 Å². The Kier molecular flexibility index (Phi) is 4.83. The Morgan fingerprint density at radius 2 is 2.12 bits per heavy atom. The van der Waals surface area contributed by atoms with Crippen molar-refractivity contribution in [3.05, 3.63) is 34.7 Å². The molecule has 3 rings (SSSR count). The summed E-state index contributed by atoms with van der Waals surface area (Å²) >= 11 is 0. The van der Waals surface area contributed by atoms with Crippen LogP contribution in [0.1, 0.15) is 43.2 Å². The van der Waals surface area contributed by atoms with Gasteiger partial charge in [-0.15, -0.1) is 0 Å². The molecule has 1 saturated heterocycles. The Bertz CT molecular complexity index is 717. The topological polar surface area (TPSA) is 67.0 Å². The van der Waals surface area contributed by atoms with Gasteiger partial charge in [-0.25, -0.2) is 4.85 Å². The van der Waals surface area contributed by atoms with Crippen LogP contribution in [-0.4, -0.2) is 18.7 Å². The van der Waals surface area contributed by atoms with Crippen LogP contribution in [0.4, 0.5) is 5.69 Å². The number of nitrogens with zero attached hydrogens (tertiary/aromatic N) is 2. The van der Waals surface area contributed by atoms with Gasteiger partial charge in [-0.2, -0.15) is 5.26 Å². The smallest absolute Gasteiger partial charge is 0.313 e. The van der Waals surface area contributed by atoms with Gasteiger partial charge in [0.05, 0.1) is 36.8 Å². The summed E-state index contributed by atoms with van der Waals surface area (Å²) in [4.78, 5) is 15.8. The van der Waals surface area contributed by atoms with E-state index in [2.05, 4.69) is 4.85 Å². The molecule has 24 heavy (non-hydrogen) atoms. The summed E-state index contributed by atoms with van der Waals surface area (Å²) in [5, 5.41) is 9.20. The molecule has 0 amide bonds. The van der Waals surface area contributed by atoms with Gasteiger partial charge < -0.3 is 9.47 Å². The molecule has 0 bridgehead atoms. The summed E-state index contributed by atoms with van der Waals surface area (Å²) in [5.41, 5.74) is 1.12. The van der Waals surface area contributed by atoms with E-state index in [1.807, 2.05) is 6.07 Å². The van der Waals surface area contributed by atoms with Gasteiger partial charge in [0.2, 0.25) is 5.69 Å². The van der Waals surface area contributed by atoms with Gasteiger partial charge in [-0.05, 0) is 56.6 Å². The molecule has 0 aromatic heterocycles. The second-order valence-corrected chi connectivity index (χ2v) is 6.66. The lowest BCUT2D eigenvalue weighted by Crippen LogP contribution is -2.26. The van der Waals surface area contributed by atoms with E-state index in [0.29, 0.717) is 17.6 Å². The number of esters is 1. The van der Waals surface area contributed by atoms with Crippen molar-refractivity contribution in [2.45, 2.75) is 45.1 Å². The lowest BCUT2D eigenvalue weighted by Gasteiger charge is -2.26. The van der Waals surface area contributed by atoms with E-state index in [1.165, 1.54) is 0 Å². The molecular formula is C19H20N2O3. The van der Waals surface area contributed by atoms with Crippen LogP contribution in [0, 0.1) is 36.7 Å². The third kappa shape index (κ3) is 3.58. The van der Waals surface area contributed by atoms with Gasteiger partial charge in [0.15, 0.2) is 0 Å². The highest BCUT2D eigenvalue weighted by Crippen LogP contribution is 2.37. The number of hydrogen-bond acceptors (Lipinski definition) is 4. The largest absolute Gasteiger partial charge is 0.438 e. The van der Waals surface area contributed by atoms with E-state index < -0.39 is 0 Å². The Morgan fingerprint density at radius 3 is 2.71 bits per heavy atom. The zero-order valence-electron chi connectivity index (χ0n) is 13.7. The van der Waals surface area contributed by atoms with Crippen molar-refractivity contribution in [2.75, 3.05) is 6.61 Å². The second kappa shape index (κ2) is 7.03. The number of benzene rings is 1. The minimum atomic E-state index is -0.284. The minimum absolute atomic E-state index is 0.119. The van der Waals surface area contributed by atoms with Gasteiger partial charge >= 0.3 is 5.97 Å². The van der Waals surface area contributed by atoms with Crippen molar-refractivity contribution >= 4 is 11.7 Å². The maximum absolute atomic E-state index is 12.4. The van der Waals surface area contributed by atoms with Crippen molar-refractivity contribution in [1.29, 1.82) is 5.26 Å². The fraction of sp³-hybridized carbons (Fsp3) is 0.526. The fourth-order valence-electron chi connectivity index (χ4n) is 3.41. The van der Waals surface area contributed by atoms with Crippen molar-refractivity contribution in [3.63, 3.8) is 0 Å². The standard InChI is InChI=1S/C19H20N2O3/c1-12-3-8-17(18(21-2)16(12)10-20)24-19(22)14-6-4-13(5-7-14)9-15-11-23-15/h3,8,13-15H,4-7,9,11H2,1H3. The zero-order valence-corrected chi connectivity index (χ0v) is 13.7. The number of carbonyl (C=O) groups excluding carboxylic acids is 1. The SMILES string of the molecule is [C-]#[N+]c1c(OC(=O)C2CCC(CC3CO3)CC2)ccc(C)c1C#N. The van der Waals surface area contributed by atoms with E-state index >= 15 is 0 Å². The minimum Gasteiger partial charge on any atom is -0.438 e. The maximum atomic E-state index is 12.4. The molecule has 1 aliphatic heterocycles. The van der Waals surface area contributed by atoms with E-state index in [1.54, 1.807) is 19.1 Å². The van der Waals surface area contributed by atoms with Crippen LogP contribution in [-0.2, 0) is 9.53 Å². The molecular weight excluding hydrogens is 304 g/mol. The number of epoxide rings is 1. The second-order valence-electron chi connectivity index (χ2n) is 6.66. The lowest BCUT2D eigenvalue weighted by molar-refractivity contribution is -0.140. The summed E-state index contributed by atoms with van der Waals surface area (Å²) in [6.07, 6.45) is 5.23. The van der Waals surface area contributed by atoms with Crippen LogP contribution in [0.5, 0.6) is 5.75 Å². The normalized spacial score (nSPS) is 25.4. The molecule has 5 heteroatoms. The molecule has 1 atom stereocenters. The Hall–Kier alpha value is -2.37. The number of hydrogen-bond donors (Lipinski definition) is 0. The molecule has 2 aliphatic rings. The third-order valence-electron chi connectivity index (χ3n) is 4.96. The number of carbonyl (C=O) groups is 1. The fourth-order valence-corrected chi connectivity index (χ4v) is 3.41. The van der Waals surface area contributed by atoms with Gasteiger partial charge in [-0.1, -0.05) is 6.07 Å². The number of ether oxygens (including phenoxy) is 2. The predicted octanol–water partition coefficient (Wildman–Crippen LogP) is 3.92. The quantitative estimate of drug-likeness (QED) is 0.364.